The van der Waals surface area contributed by atoms with Crippen molar-refractivity contribution in [3.63, 3.8) is 0 Å². The highest BCUT2D eigenvalue weighted by molar-refractivity contribution is 5.83. The molecule has 0 radical (unpaired) electrons. The first-order valence-corrected chi connectivity index (χ1v) is 22.5. The number of ketones is 1. The van der Waals surface area contributed by atoms with Crippen LogP contribution in [-0.4, -0.2) is 49.7 Å². The van der Waals surface area contributed by atoms with Crippen LogP contribution in [0.4, 0.5) is 0 Å². The summed E-state index contributed by atoms with van der Waals surface area (Å²) in [6.07, 6.45) is 44.6. The Morgan fingerprint density at radius 3 is 1.06 bits per heavy atom. The number of ether oxygens (including phenoxy) is 1. The zero-order valence-corrected chi connectivity index (χ0v) is 34.2. The number of nitrogens with zero attached hydrogens (tertiary/aromatic N) is 1. The summed E-state index contributed by atoms with van der Waals surface area (Å²) >= 11 is 0. The molecule has 0 amide bonds. The number of hydrogen-bond acceptors (Lipinski definition) is 2. The molecule has 0 saturated heterocycles. The summed E-state index contributed by atoms with van der Waals surface area (Å²) in [5.74, 6) is 0.395. The lowest BCUT2D eigenvalue weighted by molar-refractivity contribution is -0.912. The van der Waals surface area contributed by atoms with Gasteiger partial charge >= 0.3 is 0 Å². The van der Waals surface area contributed by atoms with E-state index in [4.69, 9.17) is 4.74 Å². The van der Waals surface area contributed by atoms with Gasteiger partial charge in [-0.2, -0.15) is 0 Å². The quantitative estimate of drug-likeness (QED) is 0.0475. The maximum Gasteiger partial charge on any atom is 0.167 e. The summed E-state index contributed by atoms with van der Waals surface area (Å²) in [5, 5.41) is 0. The van der Waals surface area contributed by atoms with E-state index in [1.165, 1.54) is 212 Å². The molecule has 0 spiro atoms. The smallest absolute Gasteiger partial charge is 0.167 e. The van der Waals surface area contributed by atoms with Crippen molar-refractivity contribution in [3.05, 3.63) is 0 Å². The first-order valence-electron chi connectivity index (χ1n) is 22.5. The van der Waals surface area contributed by atoms with E-state index in [0.717, 1.165) is 30.5 Å². The number of Topliss-reactive ketones (excluding diaryl/α,β-unsaturated/α-hetero) is 1. The molecule has 0 aliphatic carbocycles. The predicted octanol–water partition coefficient (Wildman–Crippen LogP) is 14.7. The Kier molecular flexibility index (Phi) is 37.5. The number of hydrogen-bond donors (Lipinski definition) is 0. The Bertz CT molecular complexity index is 618. The lowest BCUT2D eigenvalue weighted by atomic mass is 10.0. The first-order chi connectivity index (χ1) is 23.5. The Balaban J connectivity index is 4.90. The van der Waals surface area contributed by atoms with Gasteiger partial charge in [0.05, 0.1) is 20.1 Å². The lowest BCUT2D eigenvalue weighted by Gasteiger charge is -2.37. The number of likely N-dealkylation sites (N-methyl/N-ethyl adjacent to an activating group) is 1. The van der Waals surface area contributed by atoms with Crippen LogP contribution < -0.4 is 0 Å². The first kappa shape index (κ1) is 47.6. The van der Waals surface area contributed by atoms with Gasteiger partial charge in [-0.15, -0.1) is 0 Å². The van der Waals surface area contributed by atoms with Gasteiger partial charge in [0, 0.05) is 13.0 Å². The molecule has 0 aromatic carbocycles. The molecule has 48 heavy (non-hydrogen) atoms. The number of quaternary nitrogens is 1. The average Bonchev–Trinajstić information content (AvgIpc) is 3.08. The summed E-state index contributed by atoms with van der Waals surface area (Å²) in [6, 6.07) is 0. The fraction of sp³-hybridized carbons (Fsp3) is 0.978. The SMILES string of the molecule is CCCCCCCCCCCCCCOC(C[N+](C)(CCCCCCCC)CCCCCCCC)C(=O)CCCCCCCCCCC. The van der Waals surface area contributed by atoms with Gasteiger partial charge in [0.1, 0.15) is 6.54 Å². The normalized spacial score (nSPS) is 12.6. The molecule has 0 aliphatic heterocycles. The van der Waals surface area contributed by atoms with E-state index >= 15 is 0 Å². The molecule has 0 rings (SSSR count). The van der Waals surface area contributed by atoms with Crippen LogP contribution in [0.2, 0.25) is 0 Å². The van der Waals surface area contributed by atoms with Crippen molar-refractivity contribution in [2.75, 3.05) is 33.3 Å². The van der Waals surface area contributed by atoms with Crippen molar-refractivity contribution in [1.82, 2.24) is 0 Å². The monoisotopic (exact) mass is 679 g/mol. The van der Waals surface area contributed by atoms with Crippen LogP contribution in [-0.2, 0) is 9.53 Å². The van der Waals surface area contributed by atoms with Crippen molar-refractivity contribution < 1.29 is 14.0 Å². The maximum atomic E-state index is 13.7. The molecule has 3 heteroatoms. The molecule has 1 atom stereocenters. The maximum absolute atomic E-state index is 13.7. The summed E-state index contributed by atoms with van der Waals surface area (Å²) in [4.78, 5) is 13.7. The highest BCUT2D eigenvalue weighted by Gasteiger charge is 2.30. The minimum atomic E-state index is -0.211. The second kappa shape index (κ2) is 37.8. The predicted molar refractivity (Wildman–Crippen MR) is 215 cm³/mol. The van der Waals surface area contributed by atoms with Gasteiger partial charge < -0.3 is 9.22 Å². The molecular formula is C45H92NO2+. The van der Waals surface area contributed by atoms with E-state index in [1.54, 1.807) is 0 Å². The molecular weight excluding hydrogens is 587 g/mol. The van der Waals surface area contributed by atoms with Crippen LogP contribution >= 0.6 is 0 Å². The average molecular weight is 679 g/mol. The van der Waals surface area contributed by atoms with E-state index in [1.807, 2.05) is 0 Å². The molecule has 0 aliphatic rings. The minimum absolute atomic E-state index is 0.211. The van der Waals surface area contributed by atoms with Crippen LogP contribution in [0, 0.1) is 0 Å². The van der Waals surface area contributed by atoms with Gasteiger partial charge in [0.2, 0.25) is 0 Å². The second-order valence-electron chi connectivity index (χ2n) is 16.1. The topological polar surface area (TPSA) is 26.3 Å². The number of rotatable bonds is 41. The van der Waals surface area contributed by atoms with Crippen LogP contribution in [0.5, 0.6) is 0 Å². The third-order valence-electron chi connectivity index (χ3n) is 10.9. The lowest BCUT2D eigenvalue weighted by Crippen LogP contribution is -2.52. The molecule has 0 N–H and O–H groups in total. The van der Waals surface area contributed by atoms with Gasteiger partial charge in [-0.1, -0.05) is 201 Å². The van der Waals surface area contributed by atoms with Crippen LogP contribution in [0.3, 0.4) is 0 Å². The van der Waals surface area contributed by atoms with E-state index < -0.39 is 0 Å². The van der Waals surface area contributed by atoms with Gasteiger partial charge in [-0.25, -0.2) is 0 Å². The number of carbonyl (C=O) groups excluding carboxylic acids is 1. The molecule has 0 bridgehead atoms. The van der Waals surface area contributed by atoms with Crippen LogP contribution in [0.25, 0.3) is 0 Å². The number of carbonyl (C=O) groups is 1. The van der Waals surface area contributed by atoms with Crippen molar-refractivity contribution in [2.45, 2.75) is 252 Å². The summed E-state index contributed by atoms with van der Waals surface area (Å²) in [5.41, 5.74) is 0. The highest BCUT2D eigenvalue weighted by atomic mass is 16.5. The van der Waals surface area contributed by atoms with Gasteiger partial charge in [0.25, 0.3) is 0 Å². The van der Waals surface area contributed by atoms with E-state index in [9.17, 15) is 4.79 Å². The standard InChI is InChI=1S/C45H92NO2/c1-6-10-14-18-22-24-25-26-28-30-34-38-42-48-45(44(47)39-35-31-29-27-23-19-15-11-7-2)43-46(5,40-36-32-20-16-12-8-3)41-37-33-21-17-13-9-4/h45H,6-43H2,1-5H3/q+1. The largest absolute Gasteiger partial charge is 0.364 e. The molecule has 0 heterocycles. The molecule has 0 fully saturated rings. The Hall–Kier alpha value is -0.410. The third kappa shape index (κ3) is 32.8. The zero-order valence-electron chi connectivity index (χ0n) is 34.2. The van der Waals surface area contributed by atoms with Crippen molar-refractivity contribution in [1.29, 1.82) is 0 Å². The zero-order chi connectivity index (χ0) is 35.2. The van der Waals surface area contributed by atoms with Crippen LogP contribution in [0.15, 0.2) is 0 Å². The fourth-order valence-corrected chi connectivity index (χ4v) is 7.43. The van der Waals surface area contributed by atoms with Crippen molar-refractivity contribution >= 4 is 5.78 Å². The molecule has 0 aromatic heterocycles. The van der Waals surface area contributed by atoms with Crippen molar-refractivity contribution in [3.8, 4) is 0 Å². The van der Waals surface area contributed by atoms with Gasteiger partial charge in [0.15, 0.2) is 11.9 Å². The van der Waals surface area contributed by atoms with Crippen molar-refractivity contribution in [2.24, 2.45) is 0 Å². The third-order valence-corrected chi connectivity index (χ3v) is 10.9. The molecule has 288 valence electrons. The second-order valence-corrected chi connectivity index (χ2v) is 16.1. The number of unbranched alkanes of at least 4 members (excludes halogenated alkanes) is 29. The minimum Gasteiger partial charge on any atom is -0.364 e. The Labute approximate surface area is 304 Å². The highest BCUT2D eigenvalue weighted by Crippen LogP contribution is 2.19. The van der Waals surface area contributed by atoms with Gasteiger partial charge in [-0.05, 0) is 38.5 Å². The molecule has 0 saturated carbocycles. The Morgan fingerprint density at radius 2 is 0.708 bits per heavy atom. The van der Waals surface area contributed by atoms with Crippen LogP contribution in [0.1, 0.15) is 246 Å². The summed E-state index contributed by atoms with van der Waals surface area (Å²) < 4.78 is 7.60. The Morgan fingerprint density at radius 1 is 0.417 bits per heavy atom. The molecule has 1 unspecified atom stereocenters. The van der Waals surface area contributed by atoms with E-state index in [-0.39, 0.29) is 6.10 Å². The molecule has 3 nitrogen and oxygen atoms in total. The summed E-state index contributed by atoms with van der Waals surface area (Å²) in [7, 11) is 2.45. The van der Waals surface area contributed by atoms with E-state index in [0.29, 0.717) is 12.2 Å². The van der Waals surface area contributed by atoms with E-state index in [2.05, 4.69) is 34.7 Å². The van der Waals surface area contributed by atoms with Gasteiger partial charge in [-0.3, -0.25) is 4.79 Å². The molecule has 0 aromatic rings. The summed E-state index contributed by atoms with van der Waals surface area (Å²) in [6.45, 7) is 13.2. The fourth-order valence-electron chi connectivity index (χ4n) is 7.43.